The Balaban J connectivity index is 1.69. The van der Waals surface area contributed by atoms with E-state index in [1.807, 2.05) is 11.6 Å². The van der Waals surface area contributed by atoms with E-state index < -0.39 is 0 Å². The molecule has 0 radical (unpaired) electrons. The molecule has 0 amide bonds. The van der Waals surface area contributed by atoms with Crippen molar-refractivity contribution in [2.75, 3.05) is 24.6 Å². The lowest BCUT2D eigenvalue weighted by molar-refractivity contribution is 0.0396. The highest BCUT2D eigenvalue weighted by atomic mass is 32.1. The lowest BCUT2D eigenvalue weighted by Gasteiger charge is -2.31. The molecular formula is C13H18N4OS2. The minimum atomic E-state index is 0.0567. The zero-order chi connectivity index (χ0) is 13.9. The van der Waals surface area contributed by atoms with Gasteiger partial charge in [-0.15, -0.1) is 11.3 Å². The predicted octanol–water partition coefficient (Wildman–Crippen LogP) is 2.77. The zero-order valence-electron chi connectivity index (χ0n) is 11.7. The largest absolute Gasteiger partial charge is 0.367 e. The van der Waals surface area contributed by atoms with Crippen molar-refractivity contribution in [1.29, 1.82) is 0 Å². The van der Waals surface area contributed by atoms with Gasteiger partial charge in [-0.05, 0) is 5.92 Å². The SMILES string of the molecule is CC(C)Cc1nsc(N2CCO[C@H](c3nccs3)C2)n1. The first-order valence-corrected chi connectivity index (χ1v) is 8.46. The Morgan fingerprint density at radius 3 is 3.15 bits per heavy atom. The molecule has 1 saturated heterocycles. The molecule has 2 aromatic heterocycles. The smallest absolute Gasteiger partial charge is 0.205 e. The van der Waals surface area contributed by atoms with Crippen LogP contribution >= 0.6 is 22.9 Å². The molecule has 1 atom stereocenters. The normalized spacial score (nSPS) is 19.8. The Morgan fingerprint density at radius 1 is 1.50 bits per heavy atom. The summed E-state index contributed by atoms with van der Waals surface area (Å²) >= 11 is 3.13. The van der Waals surface area contributed by atoms with Gasteiger partial charge in [0, 0.05) is 36.1 Å². The molecule has 20 heavy (non-hydrogen) atoms. The summed E-state index contributed by atoms with van der Waals surface area (Å²) in [5, 5.41) is 4.04. The number of rotatable bonds is 4. The Bertz CT molecular complexity index is 540. The molecular weight excluding hydrogens is 292 g/mol. The number of thiazole rings is 1. The molecule has 3 rings (SSSR count). The van der Waals surface area contributed by atoms with Crippen molar-refractivity contribution < 1.29 is 4.74 Å². The summed E-state index contributed by atoms with van der Waals surface area (Å²) in [6.07, 6.45) is 2.83. The van der Waals surface area contributed by atoms with Crippen LogP contribution in [-0.2, 0) is 11.2 Å². The quantitative estimate of drug-likeness (QED) is 0.869. The number of hydrogen-bond acceptors (Lipinski definition) is 7. The number of ether oxygens (including phenoxy) is 1. The molecule has 0 aromatic carbocycles. The molecule has 1 aliphatic rings. The number of aromatic nitrogens is 3. The van der Waals surface area contributed by atoms with Crippen LogP contribution in [0.25, 0.3) is 0 Å². The molecule has 3 heterocycles. The maximum absolute atomic E-state index is 5.81. The first kappa shape index (κ1) is 13.9. The van der Waals surface area contributed by atoms with Crippen molar-refractivity contribution in [3.05, 3.63) is 22.4 Å². The van der Waals surface area contributed by atoms with Gasteiger partial charge >= 0.3 is 0 Å². The minimum absolute atomic E-state index is 0.0567. The average Bonchev–Trinajstić information content (AvgIpc) is 3.09. The molecule has 2 aromatic rings. The van der Waals surface area contributed by atoms with Crippen molar-refractivity contribution >= 4 is 28.0 Å². The molecule has 5 nitrogen and oxygen atoms in total. The second kappa shape index (κ2) is 6.15. The van der Waals surface area contributed by atoms with Crippen molar-refractivity contribution in [2.24, 2.45) is 5.92 Å². The monoisotopic (exact) mass is 310 g/mol. The highest BCUT2D eigenvalue weighted by Crippen LogP contribution is 2.28. The summed E-state index contributed by atoms with van der Waals surface area (Å²) in [7, 11) is 0. The summed E-state index contributed by atoms with van der Waals surface area (Å²) in [5.74, 6) is 1.54. The maximum Gasteiger partial charge on any atom is 0.205 e. The molecule has 0 aliphatic carbocycles. The third-order valence-corrected chi connectivity index (χ3v) is 4.79. The van der Waals surface area contributed by atoms with Gasteiger partial charge in [0.2, 0.25) is 5.13 Å². The summed E-state index contributed by atoms with van der Waals surface area (Å²) in [4.78, 5) is 11.3. The van der Waals surface area contributed by atoms with Gasteiger partial charge in [0.15, 0.2) is 0 Å². The highest BCUT2D eigenvalue weighted by Gasteiger charge is 2.26. The topological polar surface area (TPSA) is 51.1 Å². The van der Waals surface area contributed by atoms with E-state index in [1.165, 1.54) is 11.5 Å². The van der Waals surface area contributed by atoms with Crippen molar-refractivity contribution in [2.45, 2.75) is 26.4 Å². The molecule has 1 aliphatic heterocycles. The van der Waals surface area contributed by atoms with Gasteiger partial charge in [0.05, 0.1) is 13.2 Å². The Labute approximate surface area is 126 Å². The minimum Gasteiger partial charge on any atom is -0.367 e. The second-order valence-electron chi connectivity index (χ2n) is 5.27. The molecule has 108 valence electrons. The summed E-state index contributed by atoms with van der Waals surface area (Å²) in [5.41, 5.74) is 0. The fourth-order valence-electron chi connectivity index (χ4n) is 2.19. The van der Waals surface area contributed by atoms with Crippen LogP contribution in [0.3, 0.4) is 0 Å². The number of morpholine rings is 1. The van der Waals surface area contributed by atoms with Crippen LogP contribution in [0, 0.1) is 5.92 Å². The number of hydrogen-bond donors (Lipinski definition) is 0. The van der Waals surface area contributed by atoms with Crippen molar-refractivity contribution in [3.8, 4) is 0 Å². The van der Waals surface area contributed by atoms with Gasteiger partial charge in [0.25, 0.3) is 0 Å². The predicted molar refractivity (Wildman–Crippen MR) is 81.5 cm³/mol. The van der Waals surface area contributed by atoms with Crippen LogP contribution in [0.5, 0.6) is 0 Å². The number of anilines is 1. The van der Waals surface area contributed by atoms with E-state index in [1.54, 1.807) is 11.3 Å². The standard InChI is InChI=1S/C13H18N4OS2/c1-9(2)7-11-15-13(20-16-11)17-4-5-18-10(8-17)12-14-3-6-19-12/h3,6,9-10H,4-5,7-8H2,1-2H3/t10-/m0/s1. The summed E-state index contributed by atoms with van der Waals surface area (Å²) in [6, 6.07) is 0. The van der Waals surface area contributed by atoms with E-state index in [9.17, 15) is 0 Å². The van der Waals surface area contributed by atoms with Crippen molar-refractivity contribution in [3.63, 3.8) is 0 Å². The van der Waals surface area contributed by atoms with E-state index in [0.717, 1.165) is 35.5 Å². The average molecular weight is 310 g/mol. The van der Waals surface area contributed by atoms with Crippen LogP contribution in [0.1, 0.15) is 30.8 Å². The van der Waals surface area contributed by atoms with Crippen LogP contribution < -0.4 is 4.90 Å². The van der Waals surface area contributed by atoms with E-state index in [4.69, 9.17) is 4.74 Å². The van der Waals surface area contributed by atoms with Crippen molar-refractivity contribution in [1.82, 2.24) is 14.3 Å². The second-order valence-corrected chi connectivity index (χ2v) is 6.92. The van der Waals surface area contributed by atoms with Crippen LogP contribution in [0.15, 0.2) is 11.6 Å². The fourth-order valence-corrected chi connectivity index (χ4v) is 3.59. The molecule has 0 saturated carbocycles. The highest BCUT2D eigenvalue weighted by molar-refractivity contribution is 7.10. The molecule has 0 bridgehead atoms. The summed E-state index contributed by atoms with van der Waals surface area (Å²) in [6.45, 7) is 6.77. The lowest BCUT2D eigenvalue weighted by atomic mass is 10.1. The molecule has 0 N–H and O–H groups in total. The molecule has 7 heteroatoms. The third kappa shape index (κ3) is 3.16. The molecule has 0 unspecified atom stereocenters. The van der Waals surface area contributed by atoms with E-state index >= 15 is 0 Å². The Morgan fingerprint density at radius 2 is 2.40 bits per heavy atom. The van der Waals surface area contributed by atoms with Gasteiger partial charge in [-0.3, -0.25) is 0 Å². The third-order valence-electron chi connectivity index (χ3n) is 3.11. The van der Waals surface area contributed by atoms with Crippen LogP contribution in [0.4, 0.5) is 5.13 Å². The number of nitrogens with zero attached hydrogens (tertiary/aromatic N) is 4. The Hall–Kier alpha value is -1.05. The molecule has 1 fully saturated rings. The van der Waals surface area contributed by atoms with Gasteiger partial charge < -0.3 is 9.64 Å². The fraction of sp³-hybridized carbons (Fsp3) is 0.615. The van der Waals surface area contributed by atoms with Crippen LogP contribution in [0.2, 0.25) is 0 Å². The van der Waals surface area contributed by atoms with E-state index in [2.05, 4.69) is 33.1 Å². The Kier molecular flexibility index (Phi) is 4.28. The lowest BCUT2D eigenvalue weighted by Crippen LogP contribution is -2.38. The van der Waals surface area contributed by atoms with Gasteiger partial charge in [-0.2, -0.15) is 4.37 Å². The van der Waals surface area contributed by atoms with Gasteiger partial charge in [-0.25, -0.2) is 9.97 Å². The summed E-state index contributed by atoms with van der Waals surface area (Å²) < 4.78 is 10.3. The maximum atomic E-state index is 5.81. The van der Waals surface area contributed by atoms with E-state index in [-0.39, 0.29) is 6.10 Å². The zero-order valence-corrected chi connectivity index (χ0v) is 13.3. The van der Waals surface area contributed by atoms with Gasteiger partial charge in [0.1, 0.15) is 16.9 Å². The molecule has 0 spiro atoms. The first-order chi connectivity index (χ1) is 9.72. The first-order valence-electron chi connectivity index (χ1n) is 6.81. The van der Waals surface area contributed by atoms with E-state index in [0.29, 0.717) is 12.5 Å². The van der Waals surface area contributed by atoms with Crippen LogP contribution in [-0.4, -0.2) is 34.0 Å². The van der Waals surface area contributed by atoms with Gasteiger partial charge in [-0.1, -0.05) is 13.8 Å².